The molecule has 0 aromatic heterocycles. The molecule has 0 radical (unpaired) electrons. The third-order valence-electron chi connectivity index (χ3n) is 4.63. The van der Waals surface area contributed by atoms with Gasteiger partial charge in [-0.2, -0.15) is 0 Å². The van der Waals surface area contributed by atoms with Gasteiger partial charge in [0.05, 0.1) is 6.42 Å². The van der Waals surface area contributed by atoms with E-state index in [9.17, 15) is 4.79 Å². The lowest BCUT2D eigenvalue weighted by Crippen LogP contribution is -2.32. The minimum atomic E-state index is 0.244. The molecule has 2 rings (SSSR count). The molecule has 0 spiro atoms. The Morgan fingerprint density at radius 2 is 1.89 bits per heavy atom. The van der Waals surface area contributed by atoms with Gasteiger partial charge in [-0.1, -0.05) is 26.0 Å². The molecule has 3 nitrogen and oxygen atoms in total. The van der Waals surface area contributed by atoms with E-state index in [0.29, 0.717) is 11.8 Å². The molecule has 2 N–H and O–H groups in total. The Balaban J connectivity index is 1.96. The van der Waals surface area contributed by atoms with Crippen molar-refractivity contribution in [1.29, 1.82) is 0 Å². The van der Waals surface area contributed by atoms with Gasteiger partial charge in [-0.3, -0.25) is 4.79 Å². The van der Waals surface area contributed by atoms with E-state index >= 15 is 0 Å². The van der Waals surface area contributed by atoms with Crippen LogP contribution in [0.15, 0.2) is 24.3 Å². The van der Waals surface area contributed by atoms with Gasteiger partial charge >= 0.3 is 0 Å². The van der Waals surface area contributed by atoms with E-state index in [4.69, 9.17) is 5.73 Å². The lowest BCUT2D eigenvalue weighted by molar-refractivity contribution is -0.129. The first-order valence-electron chi connectivity index (χ1n) is 7.21. The van der Waals surface area contributed by atoms with Crippen molar-refractivity contribution < 1.29 is 4.79 Å². The first-order valence-corrected chi connectivity index (χ1v) is 7.21. The lowest BCUT2D eigenvalue weighted by Gasteiger charge is -2.26. The number of nitrogens with two attached hydrogens (primary N) is 1. The fourth-order valence-corrected chi connectivity index (χ4v) is 2.90. The molecule has 1 aliphatic rings. The van der Waals surface area contributed by atoms with Gasteiger partial charge in [0.2, 0.25) is 5.91 Å². The highest BCUT2D eigenvalue weighted by Crippen LogP contribution is 2.37. The van der Waals surface area contributed by atoms with Crippen LogP contribution in [-0.4, -0.2) is 23.9 Å². The summed E-state index contributed by atoms with van der Waals surface area (Å²) in [6.07, 6.45) is 3.96. The Hall–Kier alpha value is -1.51. The number of nitrogen functional groups attached to an aromatic ring is 1. The molecule has 3 heteroatoms. The highest BCUT2D eigenvalue weighted by molar-refractivity contribution is 5.79. The SMILES string of the molecule is CCC1(CC)CCN(C(=O)Cc2ccc(N)cc2)C1. The number of benzene rings is 1. The Morgan fingerprint density at radius 1 is 1.26 bits per heavy atom. The molecule has 1 fully saturated rings. The molecule has 1 aromatic carbocycles. The van der Waals surface area contributed by atoms with Crippen LogP contribution in [-0.2, 0) is 11.2 Å². The Kier molecular flexibility index (Phi) is 4.13. The van der Waals surface area contributed by atoms with Gasteiger partial charge < -0.3 is 10.6 Å². The van der Waals surface area contributed by atoms with Crippen molar-refractivity contribution >= 4 is 11.6 Å². The molecule has 0 unspecified atom stereocenters. The van der Waals surface area contributed by atoms with Crippen LogP contribution in [0.1, 0.15) is 38.7 Å². The van der Waals surface area contributed by atoms with Crippen LogP contribution in [0.2, 0.25) is 0 Å². The number of amides is 1. The number of anilines is 1. The summed E-state index contributed by atoms with van der Waals surface area (Å²) in [5.74, 6) is 0.244. The Labute approximate surface area is 115 Å². The zero-order chi connectivity index (χ0) is 13.9. The number of likely N-dealkylation sites (tertiary alicyclic amines) is 1. The summed E-state index contributed by atoms with van der Waals surface area (Å²) in [5.41, 5.74) is 7.80. The summed E-state index contributed by atoms with van der Waals surface area (Å²) >= 11 is 0. The molecule has 1 aromatic rings. The van der Waals surface area contributed by atoms with Gasteiger partial charge in [0.15, 0.2) is 0 Å². The van der Waals surface area contributed by atoms with Crippen molar-refractivity contribution in [2.45, 2.75) is 39.5 Å². The summed E-state index contributed by atoms with van der Waals surface area (Å²) in [7, 11) is 0. The predicted octanol–water partition coefficient (Wildman–Crippen LogP) is 2.85. The van der Waals surface area contributed by atoms with E-state index in [1.165, 1.54) is 0 Å². The standard InChI is InChI=1S/C16H24N2O/c1-3-16(4-2)9-10-18(12-16)15(19)11-13-5-7-14(17)8-6-13/h5-8H,3-4,9-12,17H2,1-2H3. The van der Waals surface area contributed by atoms with Crippen LogP contribution < -0.4 is 5.73 Å². The van der Waals surface area contributed by atoms with Gasteiger partial charge in [0.25, 0.3) is 0 Å². The first-order chi connectivity index (χ1) is 9.08. The van der Waals surface area contributed by atoms with E-state index in [1.54, 1.807) is 0 Å². The van der Waals surface area contributed by atoms with Crippen LogP contribution in [0.5, 0.6) is 0 Å². The molecule has 1 heterocycles. The molecule has 0 atom stereocenters. The summed E-state index contributed by atoms with van der Waals surface area (Å²) in [5, 5.41) is 0. The predicted molar refractivity (Wildman–Crippen MR) is 78.8 cm³/mol. The smallest absolute Gasteiger partial charge is 0.227 e. The Morgan fingerprint density at radius 3 is 2.42 bits per heavy atom. The van der Waals surface area contributed by atoms with Gasteiger partial charge in [-0.05, 0) is 42.4 Å². The van der Waals surface area contributed by atoms with Gasteiger partial charge in [0, 0.05) is 18.8 Å². The second-order valence-electron chi connectivity index (χ2n) is 5.69. The number of rotatable bonds is 4. The van der Waals surface area contributed by atoms with Crippen LogP contribution in [0.25, 0.3) is 0 Å². The third kappa shape index (κ3) is 3.09. The maximum Gasteiger partial charge on any atom is 0.227 e. The van der Waals surface area contributed by atoms with Crippen molar-refractivity contribution in [2.75, 3.05) is 18.8 Å². The minimum Gasteiger partial charge on any atom is -0.399 e. The van der Waals surface area contributed by atoms with Gasteiger partial charge in [0.1, 0.15) is 0 Å². The summed E-state index contributed by atoms with van der Waals surface area (Å²) in [6, 6.07) is 7.59. The number of hydrogen-bond acceptors (Lipinski definition) is 2. The molecule has 0 saturated carbocycles. The third-order valence-corrected chi connectivity index (χ3v) is 4.63. The molecule has 0 bridgehead atoms. The van der Waals surface area contributed by atoms with Gasteiger partial charge in [-0.25, -0.2) is 0 Å². The monoisotopic (exact) mass is 260 g/mol. The second-order valence-corrected chi connectivity index (χ2v) is 5.69. The maximum absolute atomic E-state index is 12.3. The average molecular weight is 260 g/mol. The maximum atomic E-state index is 12.3. The van der Waals surface area contributed by atoms with Crippen LogP contribution in [0.3, 0.4) is 0 Å². The number of carbonyl (C=O) groups excluding carboxylic acids is 1. The number of carbonyl (C=O) groups is 1. The fraction of sp³-hybridized carbons (Fsp3) is 0.562. The van der Waals surface area contributed by atoms with E-state index in [1.807, 2.05) is 29.2 Å². The largest absolute Gasteiger partial charge is 0.399 e. The van der Waals surface area contributed by atoms with Crippen molar-refractivity contribution in [1.82, 2.24) is 4.90 Å². The zero-order valence-electron chi connectivity index (χ0n) is 12.0. The molecule has 1 aliphatic heterocycles. The number of nitrogens with zero attached hydrogens (tertiary/aromatic N) is 1. The van der Waals surface area contributed by atoms with E-state index in [0.717, 1.165) is 43.6 Å². The number of hydrogen-bond donors (Lipinski definition) is 1. The summed E-state index contributed by atoms with van der Waals surface area (Å²) in [4.78, 5) is 14.3. The second kappa shape index (κ2) is 5.64. The van der Waals surface area contributed by atoms with Crippen LogP contribution >= 0.6 is 0 Å². The van der Waals surface area contributed by atoms with Crippen molar-refractivity contribution in [2.24, 2.45) is 5.41 Å². The molecule has 104 valence electrons. The van der Waals surface area contributed by atoms with Crippen molar-refractivity contribution in [3.63, 3.8) is 0 Å². The quantitative estimate of drug-likeness (QED) is 0.846. The molecule has 1 amide bonds. The van der Waals surface area contributed by atoms with E-state index < -0.39 is 0 Å². The zero-order valence-corrected chi connectivity index (χ0v) is 12.0. The molecular formula is C16H24N2O. The van der Waals surface area contributed by atoms with Crippen LogP contribution in [0.4, 0.5) is 5.69 Å². The molecule has 19 heavy (non-hydrogen) atoms. The minimum absolute atomic E-state index is 0.244. The van der Waals surface area contributed by atoms with Crippen molar-refractivity contribution in [3.05, 3.63) is 29.8 Å². The summed E-state index contributed by atoms with van der Waals surface area (Å²) in [6.45, 7) is 6.30. The average Bonchev–Trinajstić information content (AvgIpc) is 2.87. The highest BCUT2D eigenvalue weighted by Gasteiger charge is 2.36. The lowest BCUT2D eigenvalue weighted by atomic mass is 9.82. The van der Waals surface area contributed by atoms with E-state index in [2.05, 4.69) is 13.8 Å². The Bertz CT molecular complexity index is 435. The van der Waals surface area contributed by atoms with Crippen molar-refractivity contribution in [3.8, 4) is 0 Å². The normalized spacial score (nSPS) is 17.7. The molecule has 0 aliphatic carbocycles. The molecule has 1 saturated heterocycles. The highest BCUT2D eigenvalue weighted by atomic mass is 16.2. The first kappa shape index (κ1) is 13.9. The fourth-order valence-electron chi connectivity index (χ4n) is 2.90. The molecular weight excluding hydrogens is 236 g/mol. The topological polar surface area (TPSA) is 46.3 Å². The van der Waals surface area contributed by atoms with Crippen LogP contribution in [0, 0.1) is 5.41 Å². The van der Waals surface area contributed by atoms with Gasteiger partial charge in [-0.15, -0.1) is 0 Å². The van der Waals surface area contributed by atoms with E-state index in [-0.39, 0.29) is 5.91 Å². The summed E-state index contributed by atoms with van der Waals surface area (Å²) < 4.78 is 0.